The summed E-state index contributed by atoms with van der Waals surface area (Å²) < 4.78 is 0. The first-order valence-electron chi connectivity index (χ1n) is 11.9. The largest absolute Gasteiger partial charge is 0.508 e. The summed E-state index contributed by atoms with van der Waals surface area (Å²) in [7, 11) is 0. The van der Waals surface area contributed by atoms with Crippen molar-refractivity contribution in [2.75, 3.05) is 10.6 Å². The third-order valence-electron chi connectivity index (χ3n) is 5.43. The van der Waals surface area contributed by atoms with E-state index in [9.17, 15) is 39.6 Å². The van der Waals surface area contributed by atoms with Crippen LogP contribution >= 0.6 is 0 Å². The van der Waals surface area contributed by atoms with Gasteiger partial charge < -0.3 is 41.3 Å². The Morgan fingerprint density at radius 3 is 1.93 bits per heavy atom. The number of carbonyl (C=O) groups is 4. The van der Waals surface area contributed by atoms with Crippen LogP contribution in [0.5, 0.6) is 23.0 Å². The molecule has 4 aromatic carbocycles. The molecule has 0 spiro atoms. The number of carboxylic acids is 2. The van der Waals surface area contributed by atoms with Crippen LogP contribution in [0.25, 0.3) is 6.08 Å². The summed E-state index contributed by atoms with van der Waals surface area (Å²) in [5.41, 5.74) is 0.742. The van der Waals surface area contributed by atoms with Crippen LogP contribution in [0.2, 0.25) is 0 Å². The third-order valence-corrected chi connectivity index (χ3v) is 5.43. The second kappa shape index (κ2) is 13.7. The molecule has 0 bridgehead atoms. The van der Waals surface area contributed by atoms with Crippen LogP contribution in [0, 0.1) is 0 Å². The van der Waals surface area contributed by atoms with Crippen molar-refractivity contribution >= 4 is 41.2 Å². The molecule has 8 N–H and O–H groups in total. The Labute approximate surface area is 238 Å². The van der Waals surface area contributed by atoms with Crippen molar-refractivity contribution in [1.29, 1.82) is 0 Å². The van der Waals surface area contributed by atoms with Gasteiger partial charge in [-0.15, -0.1) is 0 Å². The van der Waals surface area contributed by atoms with Crippen molar-refractivity contribution in [2.45, 2.75) is 0 Å². The van der Waals surface area contributed by atoms with Crippen LogP contribution in [-0.2, 0) is 4.79 Å². The molecule has 0 unspecified atom stereocenters. The molecule has 12 nitrogen and oxygen atoms in total. The normalized spacial score (nSPS) is 10.3. The molecular formula is C30H24N2O10. The first-order valence-corrected chi connectivity index (χ1v) is 11.9. The van der Waals surface area contributed by atoms with E-state index in [-0.39, 0.29) is 51.1 Å². The number of aromatic carboxylic acids is 2. The second-order valence-electron chi connectivity index (χ2n) is 8.46. The Hall–Kier alpha value is -6.30. The molecule has 4 aromatic rings. The van der Waals surface area contributed by atoms with Gasteiger partial charge >= 0.3 is 11.9 Å². The Bertz CT molecular complexity index is 1680. The number of hydrogen-bond acceptors (Lipinski definition) is 8. The highest BCUT2D eigenvalue weighted by Crippen LogP contribution is 2.26. The van der Waals surface area contributed by atoms with Crippen molar-refractivity contribution in [3.05, 3.63) is 113 Å². The van der Waals surface area contributed by atoms with Crippen LogP contribution in [0.4, 0.5) is 11.4 Å². The van der Waals surface area contributed by atoms with Gasteiger partial charge in [0.15, 0.2) is 11.5 Å². The molecule has 0 heterocycles. The molecule has 0 fully saturated rings. The second-order valence-corrected chi connectivity index (χ2v) is 8.46. The van der Waals surface area contributed by atoms with Crippen molar-refractivity contribution in [3.63, 3.8) is 0 Å². The summed E-state index contributed by atoms with van der Waals surface area (Å²) in [5.74, 6) is -4.33. The lowest BCUT2D eigenvalue weighted by Crippen LogP contribution is -2.14. The quantitative estimate of drug-likeness (QED) is 0.0882. The summed E-state index contributed by atoms with van der Waals surface area (Å²) in [6.07, 6.45) is 2.53. The summed E-state index contributed by atoms with van der Waals surface area (Å²) in [6, 6.07) is 19.5. The van der Waals surface area contributed by atoms with Gasteiger partial charge in [-0.25, -0.2) is 9.59 Å². The zero-order chi connectivity index (χ0) is 30.8. The zero-order valence-electron chi connectivity index (χ0n) is 21.6. The van der Waals surface area contributed by atoms with Gasteiger partial charge in [0.05, 0.1) is 22.5 Å². The Kier molecular flexibility index (Phi) is 9.84. The lowest BCUT2D eigenvalue weighted by Gasteiger charge is -2.08. The minimum absolute atomic E-state index is 0.0102. The molecule has 0 aliphatic carbocycles. The topological polar surface area (TPSA) is 214 Å². The van der Waals surface area contributed by atoms with Crippen molar-refractivity contribution in [1.82, 2.24) is 0 Å². The minimum atomic E-state index is -1.29. The first kappa shape index (κ1) is 30.2. The summed E-state index contributed by atoms with van der Waals surface area (Å²) in [4.78, 5) is 45.8. The average molecular weight is 573 g/mol. The highest BCUT2D eigenvalue weighted by Gasteiger charge is 2.14. The maximum atomic E-state index is 11.9. The predicted molar refractivity (Wildman–Crippen MR) is 152 cm³/mol. The Morgan fingerprint density at radius 1 is 0.595 bits per heavy atom. The van der Waals surface area contributed by atoms with E-state index < -0.39 is 23.8 Å². The van der Waals surface area contributed by atoms with Crippen molar-refractivity contribution in [3.8, 4) is 23.0 Å². The number of carbonyl (C=O) groups excluding carboxylic acids is 2. The number of carboxylic acid groups (broad SMARTS) is 2. The summed E-state index contributed by atoms with van der Waals surface area (Å²) >= 11 is 0. The lowest BCUT2D eigenvalue weighted by molar-refractivity contribution is -0.111. The third kappa shape index (κ3) is 8.35. The number of aromatic hydroxyl groups is 4. The molecule has 12 heteroatoms. The lowest BCUT2D eigenvalue weighted by atomic mass is 10.1. The van der Waals surface area contributed by atoms with Gasteiger partial charge in [0.2, 0.25) is 5.91 Å². The van der Waals surface area contributed by atoms with Gasteiger partial charge in [-0.05, 0) is 72.3 Å². The van der Waals surface area contributed by atoms with Gasteiger partial charge in [-0.1, -0.05) is 24.3 Å². The van der Waals surface area contributed by atoms with Gasteiger partial charge in [-0.2, -0.15) is 0 Å². The molecule has 0 atom stereocenters. The van der Waals surface area contributed by atoms with Gasteiger partial charge in [0.25, 0.3) is 5.91 Å². The van der Waals surface area contributed by atoms with Crippen LogP contribution in [0.15, 0.2) is 91.0 Å². The van der Waals surface area contributed by atoms with E-state index in [1.807, 2.05) is 0 Å². The number of amides is 2. The number of anilines is 2. The molecule has 0 aliphatic heterocycles. The molecular weight excluding hydrogens is 548 g/mol. The molecule has 0 aromatic heterocycles. The van der Waals surface area contributed by atoms with Crippen LogP contribution in [0.1, 0.15) is 36.6 Å². The fraction of sp³-hybridized carbons (Fsp3) is 0. The molecule has 214 valence electrons. The molecule has 0 radical (unpaired) electrons. The molecule has 2 amide bonds. The SMILES string of the molecule is O=C(/C=C/c1ccc(O)c(O)c1)Nc1ccc(O)cc1C(=O)O.O=C(Nc1ccccc1C(=O)O)c1cccc(O)c1. The standard InChI is InChI=1S/C16H13NO6.C14H11NO4/c18-10-3-4-12(11(8-10)16(22)23)17-15(21)6-2-9-1-5-13(19)14(20)7-9;16-10-5-3-4-9(8-10)13(17)15-12-7-2-1-6-11(12)14(18)19/h1-8,18-20H,(H,17,21)(H,22,23);1-8,16H,(H,15,17)(H,18,19)/b6-2+;. The number of benzene rings is 4. The fourth-order valence-corrected chi connectivity index (χ4v) is 3.43. The maximum absolute atomic E-state index is 11.9. The fourth-order valence-electron chi connectivity index (χ4n) is 3.43. The molecule has 4 rings (SSSR count). The minimum Gasteiger partial charge on any atom is -0.508 e. The van der Waals surface area contributed by atoms with Gasteiger partial charge in [0.1, 0.15) is 11.5 Å². The van der Waals surface area contributed by atoms with Gasteiger partial charge in [-0.3, -0.25) is 9.59 Å². The van der Waals surface area contributed by atoms with E-state index in [1.165, 1.54) is 72.8 Å². The number of para-hydroxylation sites is 1. The van der Waals surface area contributed by atoms with Crippen LogP contribution in [-0.4, -0.2) is 54.4 Å². The smallest absolute Gasteiger partial charge is 0.337 e. The van der Waals surface area contributed by atoms with E-state index in [1.54, 1.807) is 12.1 Å². The predicted octanol–water partition coefficient (Wildman–Crippen LogP) is 4.50. The van der Waals surface area contributed by atoms with E-state index >= 15 is 0 Å². The Balaban J connectivity index is 0.000000235. The average Bonchev–Trinajstić information content (AvgIpc) is 2.95. The summed E-state index contributed by atoms with van der Waals surface area (Å²) in [6.45, 7) is 0. The first-order chi connectivity index (χ1) is 19.9. The van der Waals surface area contributed by atoms with Crippen molar-refractivity contribution < 1.29 is 49.8 Å². The van der Waals surface area contributed by atoms with Crippen LogP contribution < -0.4 is 10.6 Å². The summed E-state index contributed by atoms with van der Waals surface area (Å²) in [5, 5.41) is 60.1. The maximum Gasteiger partial charge on any atom is 0.337 e. The van der Waals surface area contributed by atoms with E-state index in [0.29, 0.717) is 5.56 Å². The Morgan fingerprint density at radius 2 is 1.26 bits per heavy atom. The van der Waals surface area contributed by atoms with E-state index in [0.717, 1.165) is 12.1 Å². The monoisotopic (exact) mass is 572 g/mol. The molecule has 0 aliphatic rings. The highest BCUT2D eigenvalue weighted by atomic mass is 16.4. The van der Waals surface area contributed by atoms with Crippen LogP contribution in [0.3, 0.4) is 0 Å². The number of phenolic OH excluding ortho intramolecular Hbond substituents is 4. The molecule has 42 heavy (non-hydrogen) atoms. The van der Waals surface area contributed by atoms with Gasteiger partial charge in [0, 0.05) is 11.6 Å². The molecule has 0 saturated heterocycles. The number of hydrogen-bond donors (Lipinski definition) is 8. The highest BCUT2D eigenvalue weighted by molar-refractivity contribution is 6.08. The van der Waals surface area contributed by atoms with Crippen molar-refractivity contribution in [2.24, 2.45) is 0 Å². The zero-order valence-corrected chi connectivity index (χ0v) is 21.6. The number of nitrogens with one attached hydrogen (secondary N) is 2. The number of rotatable bonds is 7. The molecule has 0 saturated carbocycles. The van der Waals surface area contributed by atoms with E-state index in [4.69, 9.17) is 10.2 Å². The number of phenols is 4. The van der Waals surface area contributed by atoms with E-state index in [2.05, 4.69) is 10.6 Å².